The molecule has 0 saturated heterocycles. The van der Waals surface area contributed by atoms with Crippen molar-refractivity contribution in [3.63, 3.8) is 0 Å². The molecule has 1 aromatic carbocycles. The van der Waals surface area contributed by atoms with Gasteiger partial charge in [-0.1, -0.05) is 88.9 Å². The molecule has 0 amide bonds. The lowest BCUT2D eigenvalue weighted by molar-refractivity contribution is -0.927. The molecule has 1 unspecified atom stereocenters. The van der Waals surface area contributed by atoms with Gasteiger partial charge in [-0.15, -0.1) is 6.42 Å². The van der Waals surface area contributed by atoms with Crippen molar-refractivity contribution >= 4 is 34.2 Å². The topological polar surface area (TPSA) is 0 Å². The Hall–Kier alpha value is 0.0500. The number of benzene rings is 1. The molecule has 0 aliphatic rings. The lowest BCUT2D eigenvalue weighted by Crippen LogP contribution is -3.00. The molecule has 178 valence electrons. The highest BCUT2D eigenvalue weighted by Crippen LogP contribution is 2.25. The molecule has 0 N–H and O–H groups in total. The Morgan fingerprint density at radius 1 is 0.806 bits per heavy atom. The van der Waals surface area contributed by atoms with E-state index in [1.807, 2.05) is 12.1 Å². The first kappa shape index (κ1) is 31.0. The van der Waals surface area contributed by atoms with Crippen LogP contribution in [0.1, 0.15) is 96.5 Å². The molecule has 4 heteroatoms. The normalized spacial score (nSPS) is 12.2. The van der Waals surface area contributed by atoms with E-state index in [9.17, 15) is 0 Å². The van der Waals surface area contributed by atoms with E-state index in [1.165, 1.54) is 95.7 Å². The van der Waals surface area contributed by atoms with Gasteiger partial charge in [-0.05, 0) is 49.3 Å². The second-order valence-electron chi connectivity index (χ2n) is 8.80. The van der Waals surface area contributed by atoms with Crippen LogP contribution in [0.3, 0.4) is 0 Å². The molecule has 0 aromatic heterocycles. The van der Waals surface area contributed by atoms with E-state index >= 15 is 0 Å². The molecule has 1 nitrogen and oxygen atoms in total. The van der Waals surface area contributed by atoms with Crippen LogP contribution in [0.15, 0.2) is 24.3 Å². The van der Waals surface area contributed by atoms with Crippen molar-refractivity contribution in [2.45, 2.75) is 101 Å². The second-order valence-corrected chi connectivity index (χ2v) is 10.4. The molecule has 0 bridgehead atoms. The molecule has 0 spiro atoms. The Morgan fingerprint density at radius 2 is 1.26 bits per heavy atom. The van der Waals surface area contributed by atoms with Crippen LogP contribution in [0, 0.1) is 12.3 Å². The van der Waals surface area contributed by atoms with E-state index in [4.69, 9.17) is 18.0 Å². The summed E-state index contributed by atoms with van der Waals surface area (Å²) in [5.74, 6) is 3.11. The van der Waals surface area contributed by atoms with Crippen molar-refractivity contribution in [3.8, 4) is 12.3 Å². The summed E-state index contributed by atoms with van der Waals surface area (Å²) in [5, 5.41) is 0.814. The van der Waals surface area contributed by atoms with Crippen molar-refractivity contribution in [1.29, 1.82) is 0 Å². The Kier molecular flexibility index (Phi) is 19.5. The highest BCUT2D eigenvalue weighted by molar-refractivity contribution is 14.1. The Bertz CT molecular complexity index is 566. The van der Waals surface area contributed by atoms with Gasteiger partial charge >= 0.3 is 0 Å². The number of quaternary nitrogens is 1. The predicted octanol–water partition coefficient (Wildman–Crippen LogP) is 5.82. The molecule has 0 radical (unpaired) electrons. The maximum atomic E-state index is 6.08. The summed E-state index contributed by atoms with van der Waals surface area (Å²) in [7, 11) is 0. The molecule has 1 aromatic rings. The maximum absolute atomic E-state index is 6.08. The van der Waals surface area contributed by atoms with E-state index in [0.29, 0.717) is 0 Å². The zero-order valence-electron chi connectivity index (χ0n) is 19.9. The smallest absolute Gasteiger partial charge is 0.200 e. The number of terminal acetylenes is 1. The zero-order chi connectivity index (χ0) is 22.1. The number of hydrogen-bond donors (Lipinski definition) is 0. The number of halogens is 3. The third-order valence-electron chi connectivity index (χ3n) is 6.29. The standard InChI is InChI=1S/C27H44ClIN.ClH/c1-4-7-9-11-13-15-22-30(27(29)6-3,23-16-14-12-10-8-5-2)24-21-25-17-19-26(28)20-18-25;/h3,17-20,27H,4-5,7-16,21-24H2,1-2H3;1H/q+1;/p-1. The van der Waals surface area contributed by atoms with E-state index in [2.05, 4.69) is 54.5 Å². The van der Waals surface area contributed by atoms with Gasteiger partial charge in [0, 0.05) is 34.0 Å². The molecule has 0 fully saturated rings. The number of rotatable bonds is 18. The average molecular weight is 580 g/mol. The summed E-state index contributed by atoms with van der Waals surface area (Å²) < 4.78 is 1.32. The minimum absolute atomic E-state index is 0. The van der Waals surface area contributed by atoms with Crippen LogP contribution in [0.25, 0.3) is 0 Å². The van der Waals surface area contributed by atoms with Gasteiger partial charge in [0.15, 0.2) is 0 Å². The number of hydrogen-bond acceptors (Lipinski definition) is 0. The summed E-state index contributed by atoms with van der Waals surface area (Å²) in [6.45, 7) is 8.13. The fraction of sp³-hybridized carbons (Fsp3) is 0.704. The first-order chi connectivity index (χ1) is 14.6. The lowest BCUT2D eigenvalue weighted by Gasteiger charge is -2.41. The van der Waals surface area contributed by atoms with Crippen LogP contribution >= 0.6 is 34.2 Å². The van der Waals surface area contributed by atoms with Crippen molar-refractivity contribution in [3.05, 3.63) is 34.9 Å². The quantitative estimate of drug-likeness (QED) is 0.0513. The first-order valence-electron chi connectivity index (χ1n) is 12.3. The second kappa shape index (κ2) is 19.5. The molecule has 1 rings (SSSR count). The Labute approximate surface area is 218 Å². The van der Waals surface area contributed by atoms with Gasteiger partial charge in [0.2, 0.25) is 4.05 Å². The molecule has 0 heterocycles. The molecular formula is C27H44Cl2IN. The third-order valence-corrected chi connectivity index (χ3v) is 8.08. The van der Waals surface area contributed by atoms with Crippen LogP contribution in [0.5, 0.6) is 0 Å². The molecule has 1 atom stereocenters. The summed E-state index contributed by atoms with van der Waals surface area (Å²) in [6, 6.07) is 8.36. The van der Waals surface area contributed by atoms with Gasteiger partial charge in [-0.2, -0.15) is 0 Å². The van der Waals surface area contributed by atoms with E-state index in [0.717, 1.165) is 22.5 Å². The van der Waals surface area contributed by atoms with Gasteiger partial charge in [-0.3, -0.25) is 0 Å². The van der Waals surface area contributed by atoms with Crippen LogP contribution in [-0.4, -0.2) is 28.2 Å². The van der Waals surface area contributed by atoms with Gasteiger partial charge < -0.3 is 16.9 Å². The maximum Gasteiger partial charge on any atom is 0.200 e. The lowest BCUT2D eigenvalue weighted by atomic mass is 10.1. The number of nitrogens with zero attached hydrogens (tertiary/aromatic N) is 1. The fourth-order valence-corrected chi connectivity index (χ4v) is 5.21. The van der Waals surface area contributed by atoms with Crippen LogP contribution in [0.4, 0.5) is 0 Å². The van der Waals surface area contributed by atoms with Gasteiger partial charge in [0.1, 0.15) is 0 Å². The van der Waals surface area contributed by atoms with Crippen LogP contribution < -0.4 is 12.4 Å². The molecule has 0 aliphatic heterocycles. The third kappa shape index (κ3) is 13.4. The van der Waals surface area contributed by atoms with Crippen molar-refractivity contribution in [2.24, 2.45) is 0 Å². The van der Waals surface area contributed by atoms with Gasteiger partial charge in [-0.25, -0.2) is 0 Å². The minimum Gasteiger partial charge on any atom is -1.00 e. The van der Waals surface area contributed by atoms with E-state index < -0.39 is 0 Å². The summed E-state index contributed by atoms with van der Waals surface area (Å²) >= 11 is 8.62. The number of alkyl halides is 1. The van der Waals surface area contributed by atoms with Crippen LogP contribution in [0.2, 0.25) is 5.02 Å². The summed E-state index contributed by atoms with van der Waals surface area (Å²) in [6.07, 6.45) is 23.2. The SMILES string of the molecule is C#CC(I)[N+](CCCCCCCC)(CCCCCCCC)CCc1ccc(Cl)cc1.[Cl-]. The van der Waals surface area contributed by atoms with Gasteiger partial charge in [0.25, 0.3) is 0 Å². The number of unbranched alkanes of at least 4 members (excludes halogenated alkanes) is 10. The summed E-state index contributed by atoms with van der Waals surface area (Å²) in [4.78, 5) is 0. The Morgan fingerprint density at radius 3 is 1.71 bits per heavy atom. The zero-order valence-corrected chi connectivity index (χ0v) is 23.5. The highest BCUT2D eigenvalue weighted by atomic mass is 127. The van der Waals surface area contributed by atoms with Crippen molar-refractivity contribution in [2.75, 3.05) is 19.6 Å². The highest BCUT2D eigenvalue weighted by Gasteiger charge is 2.33. The van der Waals surface area contributed by atoms with Crippen molar-refractivity contribution in [1.82, 2.24) is 0 Å². The molecule has 0 saturated carbocycles. The van der Waals surface area contributed by atoms with E-state index in [-0.39, 0.29) is 16.5 Å². The first-order valence-corrected chi connectivity index (χ1v) is 13.9. The van der Waals surface area contributed by atoms with E-state index in [1.54, 1.807) is 0 Å². The van der Waals surface area contributed by atoms with Crippen molar-refractivity contribution < 1.29 is 16.9 Å². The predicted molar refractivity (Wildman–Crippen MR) is 143 cm³/mol. The molecule has 0 aliphatic carbocycles. The molecule has 31 heavy (non-hydrogen) atoms. The summed E-state index contributed by atoms with van der Waals surface area (Å²) in [5.41, 5.74) is 1.37. The van der Waals surface area contributed by atoms with Gasteiger partial charge in [0.05, 0.1) is 19.6 Å². The minimum atomic E-state index is 0. The van der Waals surface area contributed by atoms with Crippen LogP contribution in [-0.2, 0) is 6.42 Å². The Balaban J connectivity index is 0.00000900. The largest absolute Gasteiger partial charge is 1.00 e. The monoisotopic (exact) mass is 579 g/mol. The average Bonchev–Trinajstić information content (AvgIpc) is 2.76. The molecular weight excluding hydrogens is 536 g/mol. The fourth-order valence-electron chi connectivity index (χ4n) is 4.25.